The van der Waals surface area contributed by atoms with Crippen LogP contribution in [0.15, 0.2) is 73.1 Å². The van der Waals surface area contributed by atoms with Gasteiger partial charge in [-0.1, -0.05) is 42.5 Å². The molecule has 33 heavy (non-hydrogen) atoms. The van der Waals surface area contributed by atoms with Crippen molar-refractivity contribution in [2.45, 2.75) is 12.1 Å². The maximum atomic E-state index is 13.1. The van der Waals surface area contributed by atoms with Crippen LogP contribution in [0.3, 0.4) is 0 Å². The van der Waals surface area contributed by atoms with Crippen molar-refractivity contribution in [1.82, 2.24) is 14.8 Å². The lowest BCUT2D eigenvalue weighted by molar-refractivity contribution is 0.0438. The highest BCUT2D eigenvalue weighted by Gasteiger charge is 2.38. The molecule has 0 bridgehead atoms. The molecule has 0 radical (unpaired) electrons. The quantitative estimate of drug-likeness (QED) is 0.570. The minimum absolute atomic E-state index is 0.136. The molecule has 1 aliphatic rings. The van der Waals surface area contributed by atoms with Gasteiger partial charge >= 0.3 is 11.7 Å². The number of nitriles is 1. The summed E-state index contributed by atoms with van der Waals surface area (Å²) in [6, 6.07) is 21.2. The van der Waals surface area contributed by atoms with Crippen LogP contribution in [-0.4, -0.2) is 52.1 Å². The fraction of sp³-hybridized carbons (Fsp3) is 0.240. The Labute approximate surface area is 196 Å². The number of hydrogen-bond donors (Lipinski definition) is 1. The van der Waals surface area contributed by atoms with Crippen molar-refractivity contribution in [3.8, 4) is 6.07 Å². The van der Waals surface area contributed by atoms with Gasteiger partial charge in [0.1, 0.15) is 0 Å². The van der Waals surface area contributed by atoms with Crippen LogP contribution in [0.1, 0.15) is 33.1 Å². The zero-order valence-corrected chi connectivity index (χ0v) is 18.8. The first-order valence-corrected chi connectivity index (χ1v) is 11.6. The first-order chi connectivity index (χ1) is 16.1. The Bertz CT molecular complexity index is 1180. The maximum absolute atomic E-state index is 13.1. The summed E-state index contributed by atoms with van der Waals surface area (Å²) in [5, 5.41) is 9.42. The Kier molecular flexibility index (Phi) is 7.03. The molecule has 4 rings (SSSR count). The predicted octanol–water partition coefficient (Wildman–Crippen LogP) is 2.88. The maximum Gasteiger partial charge on any atom is 0.460 e. The van der Waals surface area contributed by atoms with Crippen molar-refractivity contribution in [3.05, 3.63) is 95.3 Å². The number of aromatic nitrogens is 1. The number of benzene rings is 2. The molecule has 2 heterocycles. The van der Waals surface area contributed by atoms with Gasteiger partial charge in [-0.2, -0.15) is 5.26 Å². The Hall–Kier alpha value is -3.67. The number of piperazine rings is 1. The van der Waals surface area contributed by atoms with E-state index in [9.17, 15) is 14.3 Å². The molecule has 7 nitrogen and oxygen atoms in total. The Balaban J connectivity index is 1.66. The number of carbonyl (C=O) groups is 1. The van der Waals surface area contributed by atoms with Crippen LogP contribution >= 0.6 is 0 Å². The number of pyridine rings is 1. The average Bonchev–Trinajstić information content (AvgIpc) is 2.85. The van der Waals surface area contributed by atoms with E-state index in [4.69, 9.17) is 5.73 Å². The fourth-order valence-electron chi connectivity index (χ4n) is 4.37. The molecule has 0 spiro atoms. The van der Waals surface area contributed by atoms with E-state index < -0.39 is 0 Å². The fourth-order valence-corrected chi connectivity index (χ4v) is 4.82. The molecule has 0 saturated carbocycles. The van der Waals surface area contributed by atoms with Gasteiger partial charge in [0.25, 0.3) is 5.91 Å². The van der Waals surface area contributed by atoms with Crippen molar-refractivity contribution in [1.29, 1.82) is 5.26 Å². The molecule has 8 heteroatoms. The second-order valence-electron chi connectivity index (χ2n) is 7.98. The summed E-state index contributed by atoms with van der Waals surface area (Å²) in [5.74, 6) is 0.193. The smallest absolute Gasteiger partial charge is 0.397 e. The number of amides is 1. The molecule has 2 atom stereocenters. The minimum Gasteiger partial charge on any atom is -0.397 e. The molecular formula is C25H24N5O2S+. The van der Waals surface area contributed by atoms with Gasteiger partial charge in [-0.25, -0.2) is 0 Å². The lowest BCUT2D eigenvalue weighted by Gasteiger charge is -2.43. The summed E-state index contributed by atoms with van der Waals surface area (Å²) in [6.45, 7) is 1.52. The van der Waals surface area contributed by atoms with E-state index in [0.29, 0.717) is 53.9 Å². The number of carbonyl (C=O) groups excluding carboxylic acids is 1. The Morgan fingerprint density at radius 1 is 1.12 bits per heavy atom. The first-order valence-electron chi connectivity index (χ1n) is 10.7. The van der Waals surface area contributed by atoms with Gasteiger partial charge < -0.3 is 10.6 Å². The van der Waals surface area contributed by atoms with Crippen LogP contribution in [0.5, 0.6) is 0 Å². The molecule has 3 aromatic rings. The molecule has 2 aromatic carbocycles. The van der Waals surface area contributed by atoms with E-state index >= 15 is 0 Å². The van der Waals surface area contributed by atoms with Gasteiger partial charge in [-0.15, -0.1) is 0 Å². The van der Waals surface area contributed by atoms with Crippen LogP contribution in [0.2, 0.25) is 0 Å². The summed E-state index contributed by atoms with van der Waals surface area (Å²) >= 11 is 0.525. The average molecular weight is 459 g/mol. The number of anilines is 1. The third kappa shape index (κ3) is 5.06. The molecule has 1 aromatic heterocycles. The number of rotatable bonds is 6. The zero-order valence-electron chi connectivity index (χ0n) is 18.0. The summed E-state index contributed by atoms with van der Waals surface area (Å²) in [4.78, 5) is 21.2. The van der Waals surface area contributed by atoms with Gasteiger partial charge in [0.15, 0.2) is 0 Å². The van der Waals surface area contributed by atoms with Crippen molar-refractivity contribution < 1.29 is 9.00 Å². The highest BCUT2D eigenvalue weighted by molar-refractivity contribution is 7.65. The summed E-state index contributed by atoms with van der Waals surface area (Å²) < 4.78 is 11.6. The van der Waals surface area contributed by atoms with Gasteiger partial charge in [0, 0.05) is 36.2 Å². The summed E-state index contributed by atoms with van der Waals surface area (Å²) in [6.07, 6.45) is 3.02. The number of nitrogen functional groups attached to an aromatic ring is 1. The van der Waals surface area contributed by atoms with Gasteiger partial charge in [-0.3, -0.25) is 14.7 Å². The van der Waals surface area contributed by atoms with Crippen LogP contribution < -0.4 is 5.73 Å². The van der Waals surface area contributed by atoms with Crippen LogP contribution in [0.25, 0.3) is 0 Å². The SMILES string of the molecule is N#Cc1cccc([C@H](c2ccccc2)N2CCN(C(=O)c3cncc(N)c3)C[C@H]2C[S+]=O)c1. The highest BCUT2D eigenvalue weighted by Crippen LogP contribution is 2.32. The normalized spacial score (nSPS) is 17.2. The lowest BCUT2D eigenvalue weighted by atomic mass is 9.93. The molecular weight excluding hydrogens is 434 g/mol. The van der Waals surface area contributed by atoms with Crippen molar-refractivity contribution in [3.63, 3.8) is 0 Å². The van der Waals surface area contributed by atoms with Crippen LogP contribution in [0.4, 0.5) is 5.69 Å². The monoisotopic (exact) mass is 458 g/mol. The van der Waals surface area contributed by atoms with E-state index in [1.807, 2.05) is 36.4 Å². The van der Waals surface area contributed by atoms with Crippen molar-refractivity contribution in [2.24, 2.45) is 0 Å². The molecule has 166 valence electrons. The molecule has 1 fully saturated rings. The minimum atomic E-state index is -0.157. The standard InChI is InChI=1S/C25H24N5O2S/c26-13-18-5-4-8-20(11-18)24(19-6-2-1-3-7-19)30-10-9-29(16-23(30)17-33-32)25(31)21-12-22(27)15-28-14-21/h1-8,11-12,14-15,23-24H,9-10,16-17,27H2/q+1/t23-,24-/m0/s1. The first kappa shape index (κ1) is 22.5. The summed E-state index contributed by atoms with van der Waals surface area (Å²) in [5.41, 5.74) is 9.34. The third-order valence-electron chi connectivity index (χ3n) is 5.86. The van der Waals surface area contributed by atoms with Crippen molar-refractivity contribution >= 4 is 23.3 Å². The van der Waals surface area contributed by atoms with E-state index in [1.54, 1.807) is 17.0 Å². The van der Waals surface area contributed by atoms with Gasteiger partial charge in [-0.05, 0) is 29.3 Å². The summed E-state index contributed by atoms with van der Waals surface area (Å²) in [7, 11) is 0. The van der Waals surface area contributed by atoms with E-state index in [1.165, 1.54) is 12.4 Å². The zero-order chi connectivity index (χ0) is 23.2. The molecule has 1 amide bonds. The van der Waals surface area contributed by atoms with Crippen LogP contribution in [0, 0.1) is 11.3 Å². The van der Waals surface area contributed by atoms with Gasteiger partial charge in [0.2, 0.25) is 5.75 Å². The van der Waals surface area contributed by atoms with E-state index in [-0.39, 0.29) is 18.0 Å². The third-order valence-corrected chi connectivity index (χ3v) is 6.38. The predicted molar refractivity (Wildman–Crippen MR) is 127 cm³/mol. The number of nitrogens with two attached hydrogens (primary N) is 1. The molecule has 2 N–H and O–H groups in total. The number of nitrogens with zero attached hydrogens (tertiary/aromatic N) is 4. The van der Waals surface area contributed by atoms with Crippen molar-refractivity contribution in [2.75, 3.05) is 31.1 Å². The molecule has 0 unspecified atom stereocenters. The van der Waals surface area contributed by atoms with E-state index in [0.717, 1.165) is 11.1 Å². The molecule has 0 aliphatic carbocycles. The Morgan fingerprint density at radius 3 is 2.64 bits per heavy atom. The van der Waals surface area contributed by atoms with Crippen LogP contribution in [-0.2, 0) is 15.9 Å². The number of hydrogen-bond acceptors (Lipinski definition) is 6. The Morgan fingerprint density at radius 2 is 1.91 bits per heavy atom. The lowest BCUT2D eigenvalue weighted by Crippen LogP contribution is -2.57. The molecule has 1 aliphatic heterocycles. The topological polar surface area (TPSA) is 103 Å². The largest absolute Gasteiger partial charge is 0.460 e. The van der Waals surface area contributed by atoms with E-state index in [2.05, 4.69) is 28.1 Å². The second kappa shape index (κ2) is 10.3. The molecule has 1 saturated heterocycles. The van der Waals surface area contributed by atoms with Gasteiger partial charge in [0.05, 0.1) is 35.0 Å². The highest BCUT2D eigenvalue weighted by atomic mass is 32.1. The second-order valence-corrected chi connectivity index (χ2v) is 8.55.